The second-order valence-corrected chi connectivity index (χ2v) is 27.0. The fourth-order valence-corrected chi connectivity index (χ4v) is 17.1. The summed E-state index contributed by atoms with van der Waals surface area (Å²) in [5, 5.41) is 171. The predicted octanol–water partition coefficient (Wildman–Crippen LogP) is -5.02. The van der Waals surface area contributed by atoms with Gasteiger partial charge in [0.05, 0.1) is 56.9 Å². The Bertz CT molecular complexity index is 2310. The van der Waals surface area contributed by atoms with E-state index in [1.165, 1.54) is 12.5 Å². The molecule has 28 heteroatoms. The van der Waals surface area contributed by atoms with E-state index in [4.69, 9.17) is 56.8 Å². The highest BCUT2D eigenvalue weighted by molar-refractivity contribution is 5.27. The van der Waals surface area contributed by atoms with Crippen LogP contribution in [0, 0.1) is 40.4 Å². The van der Waals surface area contributed by atoms with Crippen molar-refractivity contribution in [2.45, 2.75) is 270 Å². The van der Waals surface area contributed by atoms with Gasteiger partial charge in [0.2, 0.25) is 0 Å². The molecule has 85 heavy (non-hydrogen) atoms. The van der Waals surface area contributed by atoms with Crippen LogP contribution >= 0.6 is 0 Å². The first kappa shape index (κ1) is 65.1. The summed E-state index contributed by atoms with van der Waals surface area (Å²) in [5.41, 5.74) is 0.174. The first-order valence-electron chi connectivity index (χ1n) is 30.4. The Morgan fingerprint density at radius 3 is 1.71 bits per heavy atom. The van der Waals surface area contributed by atoms with Gasteiger partial charge < -0.3 is 139 Å². The van der Waals surface area contributed by atoms with Gasteiger partial charge in [-0.05, 0) is 99.7 Å². The summed E-state index contributed by atoms with van der Waals surface area (Å²) in [5.74, 6) is 0.509. The third-order valence-electron chi connectivity index (χ3n) is 22.0. The van der Waals surface area contributed by atoms with Crippen LogP contribution in [0.4, 0.5) is 0 Å². The summed E-state index contributed by atoms with van der Waals surface area (Å²) in [4.78, 5) is 0. The number of aliphatic hydroxyl groups is 16. The van der Waals surface area contributed by atoms with Gasteiger partial charge in [0.15, 0.2) is 37.2 Å². The molecule has 0 aromatic rings. The fourth-order valence-electron chi connectivity index (χ4n) is 17.1. The van der Waals surface area contributed by atoms with E-state index < -0.39 is 197 Å². The minimum Gasteiger partial charge on any atom is -0.394 e. The van der Waals surface area contributed by atoms with Crippen LogP contribution in [0.25, 0.3) is 0 Å². The van der Waals surface area contributed by atoms with Crippen molar-refractivity contribution in [2.75, 3.05) is 33.0 Å². The van der Waals surface area contributed by atoms with Crippen LogP contribution in [0.1, 0.15) is 92.4 Å². The smallest absolute Gasteiger partial charge is 0.187 e. The van der Waals surface area contributed by atoms with Crippen LogP contribution in [-0.2, 0) is 56.8 Å². The molecule has 7 aliphatic heterocycles. The second kappa shape index (κ2) is 24.9. The molecule has 0 aromatic carbocycles. The van der Waals surface area contributed by atoms with Crippen LogP contribution < -0.4 is 0 Å². The molecule has 1 spiro atoms. The third-order valence-corrected chi connectivity index (χ3v) is 22.0. The van der Waals surface area contributed by atoms with Crippen molar-refractivity contribution in [1.29, 1.82) is 0 Å². The first-order chi connectivity index (χ1) is 40.2. The molecule has 28 nitrogen and oxygen atoms in total. The summed E-state index contributed by atoms with van der Waals surface area (Å²) in [6, 6.07) is 0. The topological polar surface area (TPSA) is 434 Å². The van der Waals surface area contributed by atoms with Gasteiger partial charge in [-0.1, -0.05) is 32.4 Å². The highest BCUT2D eigenvalue weighted by Crippen LogP contribution is 2.71. The van der Waals surface area contributed by atoms with Crippen molar-refractivity contribution >= 4 is 0 Å². The van der Waals surface area contributed by atoms with Crippen molar-refractivity contribution in [2.24, 2.45) is 40.4 Å². The minimum absolute atomic E-state index is 0.0201. The first-order valence-corrected chi connectivity index (χ1v) is 30.4. The Labute approximate surface area is 491 Å². The lowest BCUT2D eigenvalue weighted by molar-refractivity contribution is -0.396. The van der Waals surface area contributed by atoms with Crippen molar-refractivity contribution in [3.63, 3.8) is 0 Å². The number of aliphatic hydroxyl groups excluding tert-OH is 16. The zero-order chi connectivity index (χ0) is 61.1. The van der Waals surface area contributed by atoms with Gasteiger partial charge in [0.1, 0.15) is 116 Å². The number of rotatable bonds is 15. The lowest BCUT2D eigenvalue weighted by Gasteiger charge is -2.58. The normalized spacial score (nSPS) is 57.0. The lowest BCUT2D eigenvalue weighted by atomic mass is 9.47. The molecule has 10 fully saturated rings. The number of allylic oxidation sites excluding steroid dienone is 1. The fraction of sp³-hybridized carbons (Fsp3) is 0.965. The largest absolute Gasteiger partial charge is 0.394 e. The summed E-state index contributed by atoms with van der Waals surface area (Å²) in [6.45, 7) is 7.30. The SMILES string of the molecule is C[C@@H]1O[C@@H](O[C@H]2[C@H](O[C@H]3CC[C@@]4(C)C(=CC[C@H]5[C@@H]6C[C@@H]7O[C@]8(CC[C@@](C)(CO[C@@H]9O[C@H](CO)[C@@H](O)[C@H](O)[C@H]9O)O8)[C@@H](C)[C@@H]7[C@@]6(C)CC[C@@H]54)C3)O[C@H](CO)[C@@H](O[C@@H]3O[C@H](CO)[C@@H](O)[C@H](O[C@@H]4O[C@H](CO)[C@@H](O)[C@H](O)[C@H]4O)[C@H]3O)[C@@H]2O)C(O)C(O)[C@H]1O. The zero-order valence-electron chi connectivity index (χ0n) is 48.5. The Balaban J connectivity index is 0.766. The molecule has 7 saturated heterocycles. The zero-order valence-corrected chi connectivity index (χ0v) is 48.5. The second-order valence-electron chi connectivity index (χ2n) is 27.0. The van der Waals surface area contributed by atoms with Crippen LogP contribution in [0.3, 0.4) is 0 Å². The molecule has 0 bridgehead atoms. The Morgan fingerprint density at radius 2 is 1.06 bits per heavy atom. The highest BCUT2D eigenvalue weighted by Gasteiger charge is 2.71. The monoisotopic (exact) mass is 1220 g/mol. The highest BCUT2D eigenvalue weighted by atomic mass is 16.8. The number of ether oxygens (including phenoxy) is 12. The maximum Gasteiger partial charge on any atom is 0.187 e. The molecule has 488 valence electrons. The molecule has 0 amide bonds. The van der Waals surface area contributed by atoms with Gasteiger partial charge in [-0.3, -0.25) is 0 Å². The Hall–Kier alpha value is -1.38. The van der Waals surface area contributed by atoms with Gasteiger partial charge in [-0.2, -0.15) is 0 Å². The van der Waals surface area contributed by atoms with E-state index in [0.29, 0.717) is 43.4 Å². The predicted molar refractivity (Wildman–Crippen MR) is 281 cm³/mol. The van der Waals surface area contributed by atoms with E-state index in [-0.39, 0.29) is 35.4 Å². The average molecular weight is 1230 g/mol. The summed E-state index contributed by atoms with van der Waals surface area (Å²) < 4.78 is 73.9. The molecule has 3 saturated carbocycles. The van der Waals surface area contributed by atoms with E-state index in [2.05, 4.69) is 26.8 Å². The molecule has 0 aromatic heterocycles. The van der Waals surface area contributed by atoms with Gasteiger partial charge in [0.25, 0.3) is 0 Å². The van der Waals surface area contributed by atoms with Crippen LogP contribution in [0.5, 0.6) is 0 Å². The average Bonchev–Trinajstić information content (AvgIpc) is 1.59. The quantitative estimate of drug-likeness (QED) is 0.0683. The summed E-state index contributed by atoms with van der Waals surface area (Å²) in [7, 11) is 0. The van der Waals surface area contributed by atoms with Crippen molar-refractivity contribution in [3.05, 3.63) is 11.6 Å². The molecule has 2 unspecified atom stereocenters. The molecule has 7 heterocycles. The number of fused-ring (bicyclic) bond motifs is 7. The number of hydrogen-bond acceptors (Lipinski definition) is 28. The van der Waals surface area contributed by atoms with E-state index >= 15 is 0 Å². The molecule has 4 aliphatic carbocycles. The van der Waals surface area contributed by atoms with E-state index in [9.17, 15) is 81.7 Å². The number of hydrogen-bond donors (Lipinski definition) is 16. The minimum atomic E-state index is -2.03. The summed E-state index contributed by atoms with van der Waals surface area (Å²) >= 11 is 0. The van der Waals surface area contributed by atoms with Crippen LogP contribution in [0.2, 0.25) is 0 Å². The van der Waals surface area contributed by atoms with Gasteiger partial charge in [-0.25, -0.2) is 0 Å². The van der Waals surface area contributed by atoms with Crippen molar-refractivity contribution < 1.29 is 139 Å². The van der Waals surface area contributed by atoms with E-state index in [1.807, 2.05) is 6.92 Å². The van der Waals surface area contributed by atoms with Crippen molar-refractivity contribution in [3.8, 4) is 0 Å². The maximum absolute atomic E-state index is 12.4. The van der Waals surface area contributed by atoms with E-state index in [0.717, 1.165) is 32.1 Å². The summed E-state index contributed by atoms with van der Waals surface area (Å²) in [6.07, 6.45) is -32.6. The van der Waals surface area contributed by atoms with Crippen molar-refractivity contribution in [1.82, 2.24) is 0 Å². The van der Waals surface area contributed by atoms with Crippen LogP contribution in [-0.4, -0.2) is 292 Å². The Kier molecular flexibility index (Phi) is 19.1. The molecule has 11 rings (SSSR count). The molecular weight excluding hydrogens is 1130 g/mol. The van der Waals surface area contributed by atoms with Gasteiger partial charge in [0, 0.05) is 12.3 Å². The molecule has 11 aliphatic rings. The molecular formula is C57H92O28. The van der Waals surface area contributed by atoms with Crippen LogP contribution in [0.15, 0.2) is 11.6 Å². The van der Waals surface area contributed by atoms with Gasteiger partial charge >= 0.3 is 0 Å². The lowest BCUT2D eigenvalue weighted by Crippen LogP contribution is -2.68. The third kappa shape index (κ3) is 11.3. The molecule has 36 atom stereocenters. The van der Waals surface area contributed by atoms with Gasteiger partial charge in [-0.15, -0.1) is 0 Å². The maximum atomic E-state index is 12.4. The van der Waals surface area contributed by atoms with E-state index in [1.54, 1.807) is 0 Å². The Morgan fingerprint density at radius 1 is 0.506 bits per heavy atom. The standard InChI is InChI=1S/C57H92O28/c1-21-33-28(84-57(21)13-12-54(3,85-57)20-74-49-41(69)39(67)35(63)29(16-58)77-49)15-27-25-7-6-23-14-24(8-10-55(23,4)26(25)9-11-56(27,33)5)76-53-48(83-50-42(70)38(66)34(62)22(2)75-50)44(72)46(32(19-61)80-53)81-52-45(73)47(37(65)31(18-60)79-52)82-51-43(71)40(68)36(64)30(17-59)78-51/h6,21-22,24-53,58-73H,7-20H2,1-5H3/t21-,22-,24-,25+,26-,27-,28-,29+,30+,31+,32+,33-,34-,35+,36+,37+,38?,39-,40-,41+,42?,43+,44-,45+,46+,47-,48+,49+,50-,51-,52-,53+,54-,55-,56-,57-/m0/s1. The molecule has 0 radical (unpaired) electrons. The molecule has 16 N–H and O–H groups in total.